The number of aromatic nitrogens is 1. The SMILES string of the molecule is C=CCOc1cc2cnccc2cc1C(=O)OC. The molecule has 1 aromatic carbocycles. The third-order valence-corrected chi connectivity index (χ3v) is 2.50. The van der Waals surface area contributed by atoms with Crippen molar-refractivity contribution in [2.45, 2.75) is 0 Å². The van der Waals surface area contributed by atoms with Crippen LogP contribution >= 0.6 is 0 Å². The lowest BCUT2D eigenvalue weighted by Gasteiger charge is -2.10. The summed E-state index contributed by atoms with van der Waals surface area (Å²) in [7, 11) is 1.34. The molecule has 0 spiro atoms. The number of hydrogen-bond donors (Lipinski definition) is 0. The van der Waals surface area contributed by atoms with Crippen molar-refractivity contribution in [3.05, 3.63) is 48.8 Å². The number of carbonyl (C=O) groups excluding carboxylic acids is 1. The third-order valence-electron chi connectivity index (χ3n) is 2.50. The molecule has 0 aliphatic heterocycles. The fourth-order valence-corrected chi connectivity index (χ4v) is 1.65. The van der Waals surface area contributed by atoms with Gasteiger partial charge in [-0.25, -0.2) is 4.79 Å². The minimum absolute atomic E-state index is 0.329. The van der Waals surface area contributed by atoms with Crippen molar-refractivity contribution in [1.82, 2.24) is 4.98 Å². The zero-order chi connectivity index (χ0) is 13.0. The van der Waals surface area contributed by atoms with Crippen molar-refractivity contribution < 1.29 is 14.3 Å². The van der Waals surface area contributed by atoms with Crippen molar-refractivity contribution in [1.29, 1.82) is 0 Å². The fourth-order valence-electron chi connectivity index (χ4n) is 1.65. The molecule has 92 valence electrons. The number of esters is 1. The molecule has 0 bridgehead atoms. The van der Waals surface area contributed by atoms with Crippen molar-refractivity contribution in [2.24, 2.45) is 0 Å². The van der Waals surface area contributed by atoms with E-state index in [1.54, 1.807) is 30.6 Å². The quantitative estimate of drug-likeness (QED) is 0.611. The van der Waals surface area contributed by atoms with Gasteiger partial charge in [0.05, 0.1) is 7.11 Å². The molecule has 1 aromatic heterocycles. The van der Waals surface area contributed by atoms with E-state index < -0.39 is 5.97 Å². The molecule has 4 nitrogen and oxygen atoms in total. The van der Waals surface area contributed by atoms with Gasteiger partial charge >= 0.3 is 5.97 Å². The van der Waals surface area contributed by atoms with E-state index in [4.69, 9.17) is 9.47 Å². The number of methoxy groups -OCH3 is 1. The number of hydrogen-bond acceptors (Lipinski definition) is 4. The predicted octanol–water partition coefficient (Wildman–Crippen LogP) is 2.59. The van der Waals surface area contributed by atoms with E-state index in [2.05, 4.69) is 11.6 Å². The van der Waals surface area contributed by atoms with Gasteiger partial charge in [0.25, 0.3) is 0 Å². The second-order valence-corrected chi connectivity index (χ2v) is 3.66. The Kier molecular flexibility index (Phi) is 3.57. The summed E-state index contributed by atoms with van der Waals surface area (Å²) in [6.45, 7) is 3.91. The highest BCUT2D eigenvalue weighted by Gasteiger charge is 2.14. The maximum atomic E-state index is 11.7. The predicted molar refractivity (Wildman–Crippen MR) is 68.8 cm³/mol. The Balaban J connectivity index is 2.55. The van der Waals surface area contributed by atoms with Crippen LogP contribution in [0.5, 0.6) is 5.75 Å². The van der Waals surface area contributed by atoms with Crippen molar-refractivity contribution in [3.63, 3.8) is 0 Å². The molecule has 0 amide bonds. The molecule has 0 aliphatic carbocycles. The van der Waals surface area contributed by atoms with Gasteiger partial charge in [-0.15, -0.1) is 0 Å². The van der Waals surface area contributed by atoms with E-state index in [1.165, 1.54) is 7.11 Å². The highest BCUT2D eigenvalue weighted by atomic mass is 16.5. The van der Waals surface area contributed by atoms with Gasteiger partial charge in [-0.1, -0.05) is 12.7 Å². The number of pyridine rings is 1. The Hall–Kier alpha value is -2.36. The van der Waals surface area contributed by atoms with Crippen molar-refractivity contribution in [2.75, 3.05) is 13.7 Å². The highest BCUT2D eigenvalue weighted by Crippen LogP contribution is 2.26. The van der Waals surface area contributed by atoms with Crippen LogP contribution in [-0.4, -0.2) is 24.7 Å². The van der Waals surface area contributed by atoms with E-state index >= 15 is 0 Å². The largest absolute Gasteiger partial charge is 0.489 e. The second-order valence-electron chi connectivity index (χ2n) is 3.66. The van der Waals surface area contributed by atoms with Gasteiger partial charge in [0.1, 0.15) is 17.9 Å². The lowest BCUT2D eigenvalue weighted by Crippen LogP contribution is -2.06. The first kappa shape index (κ1) is 12.1. The van der Waals surface area contributed by atoms with Gasteiger partial charge in [-0.05, 0) is 23.6 Å². The Morgan fingerprint density at radius 2 is 2.28 bits per heavy atom. The first-order valence-corrected chi connectivity index (χ1v) is 5.46. The van der Waals surface area contributed by atoms with Crippen LogP contribution in [0.25, 0.3) is 10.8 Å². The Morgan fingerprint density at radius 3 is 3.00 bits per heavy atom. The summed E-state index contributed by atoms with van der Waals surface area (Å²) in [5.74, 6) is 0.0509. The maximum absolute atomic E-state index is 11.7. The molecule has 0 N–H and O–H groups in total. The first-order valence-electron chi connectivity index (χ1n) is 5.46. The monoisotopic (exact) mass is 243 g/mol. The number of nitrogens with zero attached hydrogens (tertiary/aromatic N) is 1. The lowest BCUT2D eigenvalue weighted by atomic mass is 10.1. The van der Waals surface area contributed by atoms with E-state index in [0.717, 1.165) is 10.8 Å². The van der Waals surface area contributed by atoms with Crippen LogP contribution in [0.2, 0.25) is 0 Å². The van der Waals surface area contributed by atoms with Crippen LogP contribution in [0.4, 0.5) is 0 Å². The van der Waals surface area contributed by atoms with Crippen LogP contribution < -0.4 is 4.74 Å². The highest BCUT2D eigenvalue weighted by molar-refractivity contribution is 5.98. The molecular formula is C14H13NO3. The molecule has 0 fully saturated rings. The number of ether oxygens (including phenoxy) is 2. The molecule has 0 radical (unpaired) electrons. The molecule has 1 heterocycles. The van der Waals surface area contributed by atoms with E-state index in [1.807, 2.05) is 6.07 Å². The number of benzene rings is 1. The van der Waals surface area contributed by atoms with Crippen LogP contribution in [0, 0.1) is 0 Å². The minimum Gasteiger partial charge on any atom is -0.489 e. The summed E-state index contributed by atoms with van der Waals surface area (Å²) in [4.78, 5) is 15.7. The van der Waals surface area contributed by atoms with E-state index in [9.17, 15) is 4.79 Å². The van der Waals surface area contributed by atoms with Gasteiger partial charge in [-0.3, -0.25) is 4.98 Å². The molecular weight excluding hydrogens is 230 g/mol. The maximum Gasteiger partial charge on any atom is 0.341 e. The topological polar surface area (TPSA) is 48.4 Å². The summed E-state index contributed by atoms with van der Waals surface area (Å²) < 4.78 is 10.2. The normalized spacial score (nSPS) is 10.1. The van der Waals surface area contributed by atoms with Crippen LogP contribution in [0.3, 0.4) is 0 Å². The molecule has 18 heavy (non-hydrogen) atoms. The first-order chi connectivity index (χ1) is 8.76. The smallest absolute Gasteiger partial charge is 0.341 e. The van der Waals surface area contributed by atoms with E-state index in [0.29, 0.717) is 17.9 Å². The third kappa shape index (κ3) is 2.32. The molecule has 0 atom stereocenters. The van der Waals surface area contributed by atoms with Crippen LogP contribution in [0.1, 0.15) is 10.4 Å². The average Bonchev–Trinajstić information content (AvgIpc) is 2.43. The molecule has 2 rings (SSSR count). The number of fused-ring (bicyclic) bond motifs is 1. The van der Waals surface area contributed by atoms with Crippen LogP contribution in [-0.2, 0) is 4.74 Å². The Labute approximate surface area is 105 Å². The molecule has 2 aromatic rings. The standard InChI is InChI=1S/C14H13NO3/c1-3-6-18-13-8-11-9-15-5-4-10(11)7-12(13)14(16)17-2/h3-5,7-9H,1,6H2,2H3. The van der Waals surface area contributed by atoms with Crippen molar-refractivity contribution in [3.8, 4) is 5.75 Å². The molecule has 0 saturated carbocycles. The van der Waals surface area contributed by atoms with Gasteiger partial charge in [0, 0.05) is 17.8 Å². The van der Waals surface area contributed by atoms with E-state index in [-0.39, 0.29) is 0 Å². The summed E-state index contributed by atoms with van der Waals surface area (Å²) in [6.07, 6.45) is 5.01. The lowest BCUT2D eigenvalue weighted by molar-refractivity contribution is 0.0597. The minimum atomic E-state index is -0.423. The zero-order valence-corrected chi connectivity index (χ0v) is 10.1. The molecule has 0 aliphatic rings. The molecule has 4 heteroatoms. The van der Waals surface area contributed by atoms with Crippen molar-refractivity contribution >= 4 is 16.7 Å². The molecule has 0 unspecified atom stereocenters. The Bertz CT molecular complexity index is 593. The zero-order valence-electron chi connectivity index (χ0n) is 10.1. The number of rotatable bonds is 4. The van der Waals surface area contributed by atoms with Gasteiger partial charge in [0.15, 0.2) is 0 Å². The summed E-state index contributed by atoms with van der Waals surface area (Å²) in [6, 6.07) is 5.35. The summed E-state index contributed by atoms with van der Waals surface area (Å²) in [5.41, 5.74) is 0.401. The number of carbonyl (C=O) groups is 1. The fraction of sp³-hybridized carbons (Fsp3) is 0.143. The molecule has 0 saturated heterocycles. The van der Waals surface area contributed by atoms with Gasteiger partial charge < -0.3 is 9.47 Å². The summed E-state index contributed by atoms with van der Waals surface area (Å²) >= 11 is 0. The second kappa shape index (κ2) is 5.31. The summed E-state index contributed by atoms with van der Waals surface area (Å²) in [5, 5.41) is 1.82. The van der Waals surface area contributed by atoms with Gasteiger partial charge in [-0.2, -0.15) is 0 Å². The van der Waals surface area contributed by atoms with Crippen LogP contribution in [0.15, 0.2) is 43.2 Å². The van der Waals surface area contributed by atoms with Gasteiger partial charge in [0.2, 0.25) is 0 Å². The Morgan fingerprint density at radius 1 is 1.44 bits per heavy atom. The average molecular weight is 243 g/mol.